The molecule has 5 heteroatoms. The maximum atomic E-state index is 12.5. The quantitative estimate of drug-likeness (QED) is 0.224. The van der Waals surface area contributed by atoms with Crippen LogP contribution in [0, 0.1) is 11.8 Å². The van der Waals surface area contributed by atoms with Crippen molar-refractivity contribution in [1.82, 2.24) is 5.32 Å². The molecule has 0 fully saturated rings. The molecule has 0 heterocycles. The number of carbonyl (C=O) groups excluding carboxylic acids is 2. The molecule has 1 amide bonds. The molecule has 0 aliphatic carbocycles. The van der Waals surface area contributed by atoms with Crippen LogP contribution in [0.3, 0.4) is 0 Å². The molecule has 0 rings (SSSR count). The van der Waals surface area contributed by atoms with Crippen LogP contribution in [0.1, 0.15) is 91.4 Å². The topological polar surface area (TPSA) is 86.6 Å². The molecule has 3 unspecified atom stereocenters. The summed E-state index contributed by atoms with van der Waals surface area (Å²) < 4.78 is 0. The van der Waals surface area contributed by atoms with Crippen LogP contribution in [0.4, 0.5) is 0 Å². The zero-order chi connectivity index (χ0) is 19.1. The van der Waals surface area contributed by atoms with Crippen LogP contribution in [0.2, 0.25) is 0 Å². The lowest BCUT2D eigenvalue weighted by atomic mass is 9.92. The number of unbranched alkanes of at least 4 members (excludes halogenated alkanes) is 7. The highest BCUT2D eigenvalue weighted by Gasteiger charge is 2.28. The molecule has 0 bridgehead atoms. The molecular weight excluding hydrogens is 318 g/mol. The highest BCUT2D eigenvalue weighted by atomic mass is 16.3. The predicted molar refractivity (Wildman–Crippen MR) is 101 cm³/mol. The number of aliphatic hydroxyl groups is 2. The first-order chi connectivity index (χ1) is 12.0. The first-order valence-corrected chi connectivity index (χ1v) is 10.1. The maximum absolute atomic E-state index is 12.5. The second kappa shape index (κ2) is 15.3. The van der Waals surface area contributed by atoms with E-state index in [-0.39, 0.29) is 12.4 Å². The van der Waals surface area contributed by atoms with Gasteiger partial charge in [-0.1, -0.05) is 72.1 Å². The monoisotopic (exact) mass is 357 g/mol. The van der Waals surface area contributed by atoms with E-state index in [1.165, 1.54) is 6.42 Å². The van der Waals surface area contributed by atoms with Gasteiger partial charge in [0.15, 0.2) is 0 Å². The van der Waals surface area contributed by atoms with E-state index in [0.717, 1.165) is 51.4 Å². The molecule has 25 heavy (non-hydrogen) atoms. The van der Waals surface area contributed by atoms with Gasteiger partial charge >= 0.3 is 0 Å². The number of hydrogen-bond acceptors (Lipinski definition) is 4. The van der Waals surface area contributed by atoms with Crippen molar-refractivity contribution < 1.29 is 19.8 Å². The highest BCUT2D eigenvalue weighted by molar-refractivity contribution is 6.01. The van der Waals surface area contributed by atoms with Crippen molar-refractivity contribution in [3.63, 3.8) is 0 Å². The van der Waals surface area contributed by atoms with Crippen LogP contribution in [0.25, 0.3) is 0 Å². The first-order valence-electron chi connectivity index (χ1n) is 10.1. The Morgan fingerprint density at radius 1 is 0.920 bits per heavy atom. The summed E-state index contributed by atoms with van der Waals surface area (Å²) >= 11 is 0. The second-order valence-corrected chi connectivity index (χ2v) is 7.15. The lowest BCUT2D eigenvalue weighted by molar-refractivity contribution is -0.137. The molecule has 0 aromatic rings. The molecule has 0 radical (unpaired) electrons. The number of ketones is 1. The third-order valence-electron chi connectivity index (χ3n) is 4.70. The molecule has 3 N–H and O–H groups in total. The fraction of sp³-hybridized carbons (Fsp3) is 0.900. The van der Waals surface area contributed by atoms with Gasteiger partial charge in [0, 0.05) is 18.9 Å². The number of Topliss-reactive ketones (excluding diaryl/α,β-unsaturated/α-hetero) is 1. The number of hydrogen-bond donors (Lipinski definition) is 3. The summed E-state index contributed by atoms with van der Waals surface area (Å²) in [5, 5.41) is 21.5. The minimum Gasteiger partial charge on any atom is -0.396 e. The molecule has 148 valence electrons. The average molecular weight is 358 g/mol. The molecule has 0 saturated carbocycles. The lowest BCUT2D eigenvalue weighted by Crippen LogP contribution is -2.45. The normalized spacial score (nSPS) is 14.8. The summed E-state index contributed by atoms with van der Waals surface area (Å²) in [6, 6.07) is 0. The van der Waals surface area contributed by atoms with Gasteiger partial charge in [-0.25, -0.2) is 0 Å². The third-order valence-corrected chi connectivity index (χ3v) is 4.70. The Balaban J connectivity index is 4.55. The number of nitrogens with one attached hydrogen (secondary N) is 1. The Hall–Kier alpha value is -0.940. The maximum Gasteiger partial charge on any atom is 0.232 e. The molecule has 0 aliphatic heterocycles. The molecule has 5 nitrogen and oxygen atoms in total. The van der Waals surface area contributed by atoms with E-state index in [4.69, 9.17) is 5.11 Å². The van der Waals surface area contributed by atoms with Crippen LogP contribution in [0.5, 0.6) is 0 Å². The minimum absolute atomic E-state index is 0.0191. The summed E-state index contributed by atoms with van der Waals surface area (Å²) in [7, 11) is 0. The fourth-order valence-corrected chi connectivity index (χ4v) is 2.78. The zero-order valence-electron chi connectivity index (χ0n) is 16.4. The van der Waals surface area contributed by atoms with Gasteiger partial charge < -0.3 is 15.5 Å². The number of aliphatic hydroxyl groups excluding tert-OH is 2. The van der Waals surface area contributed by atoms with Gasteiger partial charge in [0.2, 0.25) is 5.91 Å². The molecule has 0 saturated heterocycles. The number of amides is 1. The van der Waals surface area contributed by atoms with Crippen molar-refractivity contribution in [1.29, 1.82) is 0 Å². The first kappa shape index (κ1) is 24.1. The van der Waals surface area contributed by atoms with E-state index >= 15 is 0 Å². The summed E-state index contributed by atoms with van der Waals surface area (Å²) in [6.07, 6.45) is 9.24. The van der Waals surface area contributed by atoms with Gasteiger partial charge in [-0.05, 0) is 12.8 Å². The van der Waals surface area contributed by atoms with E-state index < -0.39 is 24.0 Å². The van der Waals surface area contributed by atoms with E-state index in [2.05, 4.69) is 19.2 Å². The van der Waals surface area contributed by atoms with Crippen LogP contribution < -0.4 is 5.32 Å². The Morgan fingerprint density at radius 2 is 1.48 bits per heavy atom. The van der Waals surface area contributed by atoms with Crippen LogP contribution in [-0.4, -0.2) is 34.7 Å². The fourth-order valence-electron chi connectivity index (χ4n) is 2.78. The molecule has 0 aliphatic rings. The summed E-state index contributed by atoms with van der Waals surface area (Å²) in [5.41, 5.74) is 0. The Bertz CT molecular complexity index is 360. The third kappa shape index (κ3) is 11.3. The van der Waals surface area contributed by atoms with E-state index in [1.807, 2.05) is 0 Å². The SMILES string of the molecule is CCCCCCCC(=O)C(CCCCCC)C(=O)NC(O)C(C)CO. The predicted octanol–water partition coefficient (Wildman–Crippen LogP) is 3.57. The average Bonchev–Trinajstić information content (AvgIpc) is 2.60. The number of rotatable bonds is 16. The van der Waals surface area contributed by atoms with Crippen molar-refractivity contribution in [2.45, 2.75) is 97.6 Å². The standard InChI is InChI=1S/C20H39NO4/c1-4-6-8-10-12-14-18(23)17(13-11-9-7-5-2)20(25)21-19(24)16(3)15-22/h16-17,19,22,24H,4-15H2,1-3H3,(H,21,25). The van der Waals surface area contributed by atoms with Crippen molar-refractivity contribution in [3.05, 3.63) is 0 Å². The molecule has 0 aromatic carbocycles. The van der Waals surface area contributed by atoms with Crippen LogP contribution >= 0.6 is 0 Å². The van der Waals surface area contributed by atoms with E-state index in [1.54, 1.807) is 6.92 Å². The summed E-state index contributed by atoms with van der Waals surface area (Å²) in [6.45, 7) is 5.71. The van der Waals surface area contributed by atoms with E-state index in [9.17, 15) is 14.7 Å². The van der Waals surface area contributed by atoms with Gasteiger partial charge in [-0.15, -0.1) is 0 Å². The summed E-state index contributed by atoms with van der Waals surface area (Å²) in [5.74, 6) is -1.55. The molecular formula is C20H39NO4. The van der Waals surface area contributed by atoms with Crippen molar-refractivity contribution >= 4 is 11.7 Å². The largest absolute Gasteiger partial charge is 0.396 e. The van der Waals surface area contributed by atoms with Gasteiger partial charge in [0.05, 0.1) is 5.92 Å². The Kier molecular flexibility index (Phi) is 14.7. The van der Waals surface area contributed by atoms with E-state index in [0.29, 0.717) is 12.8 Å². The van der Waals surface area contributed by atoms with Crippen molar-refractivity contribution in [2.24, 2.45) is 11.8 Å². The van der Waals surface area contributed by atoms with Gasteiger partial charge in [0.1, 0.15) is 12.0 Å². The van der Waals surface area contributed by atoms with Crippen molar-refractivity contribution in [3.8, 4) is 0 Å². The molecule has 0 aromatic heterocycles. The van der Waals surface area contributed by atoms with Gasteiger partial charge in [-0.2, -0.15) is 0 Å². The van der Waals surface area contributed by atoms with Crippen LogP contribution in [-0.2, 0) is 9.59 Å². The Labute approximate surface area is 153 Å². The molecule has 3 atom stereocenters. The lowest BCUT2D eigenvalue weighted by Gasteiger charge is -2.22. The molecule has 0 spiro atoms. The van der Waals surface area contributed by atoms with Gasteiger partial charge in [0.25, 0.3) is 0 Å². The number of carbonyl (C=O) groups is 2. The zero-order valence-corrected chi connectivity index (χ0v) is 16.4. The second-order valence-electron chi connectivity index (χ2n) is 7.15. The minimum atomic E-state index is -1.12. The van der Waals surface area contributed by atoms with Crippen LogP contribution in [0.15, 0.2) is 0 Å². The highest BCUT2D eigenvalue weighted by Crippen LogP contribution is 2.17. The summed E-state index contributed by atoms with van der Waals surface area (Å²) in [4.78, 5) is 25.0. The Morgan fingerprint density at radius 3 is 2.04 bits per heavy atom. The van der Waals surface area contributed by atoms with Crippen molar-refractivity contribution in [2.75, 3.05) is 6.61 Å². The van der Waals surface area contributed by atoms with Gasteiger partial charge in [-0.3, -0.25) is 9.59 Å². The smallest absolute Gasteiger partial charge is 0.232 e.